The molecule has 78 valence electrons. The summed E-state index contributed by atoms with van der Waals surface area (Å²) in [5, 5.41) is 0. The van der Waals surface area contributed by atoms with Gasteiger partial charge in [0, 0.05) is 6.04 Å². The highest BCUT2D eigenvalue weighted by atomic mass is 16.7. The predicted octanol–water partition coefficient (Wildman–Crippen LogP) is 2.88. The monoisotopic (exact) mass is 185 g/mol. The molecule has 1 N–H and O–H groups in total. The van der Waals surface area contributed by atoms with E-state index in [1.165, 1.54) is 25.7 Å². The molecule has 1 aliphatic carbocycles. The van der Waals surface area contributed by atoms with Crippen molar-refractivity contribution >= 4 is 0 Å². The molecule has 1 aliphatic rings. The van der Waals surface area contributed by atoms with Gasteiger partial charge in [-0.3, -0.25) is 4.84 Å². The van der Waals surface area contributed by atoms with E-state index in [2.05, 4.69) is 33.2 Å². The second-order valence-electron chi connectivity index (χ2n) is 5.17. The Balaban J connectivity index is 2.20. The quantitative estimate of drug-likeness (QED) is 0.683. The van der Waals surface area contributed by atoms with Crippen LogP contribution in [0.1, 0.15) is 53.4 Å². The predicted molar refractivity (Wildman–Crippen MR) is 55.4 cm³/mol. The summed E-state index contributed by atoms with van der Waals surface area (Å²) in [7, 11) is 0. The summed E-state index contributed by atoms with van der Waals surface area (Å²) in [6.07, 6.45) is 5.52. The van der Waals surface area contributed by atoms with E-state index in [1.54, 1.807) is 0 Å². The molecule has 0 amide bonds. The number of hydrogen-bond donors (Lipinski definition) is 1. The molecule has 0 aliphatic heterocycles. The third-order valence-electron chi connectivity index (χ3n) is 2.66. The van der Waals surface area contributed by atoms with E-state index < -0.39 is 0 Å². The number of hydrogen-bond acceptors (Lipinski definition) is 2. The fourth-order valence-electron chi connectivity index (χ4n) is 1.82. The van der Waals surface area contributed by atoms with Crippen molar-refractivity contribution in [2.45, 2.75) is 65.0 Å². The first kappa shape index (κ1) is 11.0. The summed E-state index contributed by atoms with van der Waals surface area (Å²) in [5.41, 5.74) is 3.09. The fourth-order valence-corrected chi connectivity index (χ4v) is 1.82. The highest BCUT2D eigenvalue weighted by molar-refractivity contribution is 4.75. The minimum atomic E-state index is -0.0765. The van der Waals surface area contributed by atoms with Gasteiger partial charge in [-0.15, -0.1) is 0 Å². The third-order valence-corrected chi connectivity index (χ3v) is 2.66. The van der Waals surface area contributed by atoms with Crippen molar-refractivity contribution in [3.63, 3.8) is 0 Å². The second kappa shape index (κ2) is 4.43. The van der Waals surface area contributed by atoms with Crippen LogP contribution in [-0.4, -0.2) is 11.6 Å². The fraction of sp³-hybridized carbons (Fsp3) is 1.00. The topological polar surface area (TPSA) is 21.3 Å². The van der Waals surface area contributed by atoms with Gasteiger partial charge in [0.05, 0.1) is 5.60 Å². The normalized spacial score (nSPS) is 22.2. The van der Waals surface area contributed by atoms with Gasteiger partial charge >= 0.3 is 0 Å². The van der Waals surface area contributed by atoms with Gasteiger partial charge in [-0.1, -0.05) is 12.8 Å². The molecule has 1 rings (SSSR count). The zero-order valence-electron chi connectivity index (χ0n) is 9.39. The lowest BCUT2D eigenvalue weighted by Gasteiger charge is -2.26. The van der Waals surface area contributed by atoms with E-state index in [-0.39, 0.29) is 5.60 Å². The molecule has 2 heteroatoms. The van der Waals surface area contributed by atoms with Crippen LogP contribution in [0.2, 0.25) is 0 Å². The highest BCUT2D eigenvalue weighted by Gasteiger charge is 2.22. The zero-order chi connectivity index (χ0) is 9.90. The van der Waals surface area contributed by atoms with Crippen LogP contribution in [0.25, 0.3) is 0 Å². The molecule has 0 bridgehead atoms. The molecule has 0 heterocycles. The maximum Gasteiger partial charge on any atom is 0.0813 e. The lowest BCUT2D eigenvalue weighted by molar-refractivity contribution is -0.0930. The Kier molecular flexibility index (Phi) is 3.74. The summed E-state index contributed by atoms with van der Waals surface area (Å²) in [6, 6.07) is 0.502. The zero-order valence-corrected chi connectivity index (χ0v) is 9.39. The first-order chi connectivity index (χ1) is 5.99. The Morgan fingerprint density at radius 2 is 1.77 bits per heavy atom. The lowest BCUT2D eigenvalue weighted by atomic mass is 10.0. The van der Waals surface area contributed by atoms with Gasteiger partial charge in [-0.05, 0) is 46.5 Å². The van der Waals surface area contributed by atoms with Gasteiger partial charge in [0.25, 0.3) is 0 Å². The molecule has 0 radical (unpaired) electrons. The summed E-state index contributed by atoms with van der Waals surface area (Å²) in [4.78, 5) is 5.55. The minimum absolute atomic E-state index is 0.0765. The average molecular weight is 185 g/mol. The van der Waals surface area contributed by atoms with Gasteiger partial charge in [0.1, 0.15) is 0 Å². The highest BCUT2D eigenvalue weighted by Crippen LogP contribution is 2.27. The molecule has 0 aromatic heterocycles. The molecule has 1 saturated carbocycles. The molecule has 0 saturated heterocycles. The van der Waals surface area contributed by atoms with Crippen LogP contribution in [-0.2, 0) is 4.84 Å². The summed E-state index contributed by atoms with van der Waals surface area (Å²) in [5.74, 6) is 0.822. The van der Waals surface area contributed by atoms with Gasteiger partial charge in [0.15, 0.2) is 0 Å². The van der Waals surface area contributed by atoms with Crippen molar-refractivity contribution in [3.05, 3.63) is 0 Å². The lowest BCUT2D eigenvalue weighted by Crippen LogP contribution is -2.38. The Morgan fingerprint density at radius 1 is 1.23 bits per heavy atom. The molecule has 1 fully saturated rings. The smallest absolute Gasteiger partial charge is 0.0813 e. The van der Waals surface area contributed by atoms with E-state index >= 15 is 0 Å². The number of nitrogens with one attached hydrogen (secondary N) is 1. The largest absolute Gasteiger partial charge is 0.296 e. The molecular weight excluding hydrogens is 162 g/mol. The van der Waals surface area contributed by atoms with E-state index in [0.29, 0.717) is 6.04 Å². The maximum atomic E-state index is 5.55. The molecule has 13 heavy (non-hydrogen) atoms. The minimum Gasteiger partial charge on any atom is -0.296 e. The van der Waals surface area contributed by atoms with Gasteiger partial charge in [-0.25, -0.2) is 0 Å². The van der Waals surface area contributed by atoms with Crippen molar-refractivity contribution in [2.75, 3.05) is 0 Å². The number of rotatable bonds is 3. The van der Waals surface area contributed by atoms with Crippen LogP contribution >= 0.6 is 0 Å². The molecule has 1 unspecified atom stereocenters. The van der Waals surface area contributed by atoms with E-state index in [1.807, 2.05) is 0 Å². The summed E-state index contributed by atoms with van der Waals surface area (Å²) >= 11 is 0. The van der Waals surface area contributed by atoms with Crippen LogP contribution < -0.4 is 5.48 Å². The van der Waals surface area contributed by atoms with Gasteiger partial charge < -0.3 is 0 Å². The Bertz CT molecular complexity index is 145. The van der Waals surface area contributed by atoms with Crippen LogP contribution in [0.3, 0.4) is 0 Å². The standard InChI is InChI=1S/C11H23NO/c1-9(10-7-5-6-8-10)12-13-11(2,3)4/h9-10,12H,5-8H2,1-4H3. The van der Waals surface area contributed by atoms with Crippen LogP contribution in [0.15, 0.2) is 0 Å². The van der Waals surface area contributed by atoms with Crippen LogP contribution in [0, 0.1) is 5.92 Å². The van der Waals surface area contributed by atoms with Gasteiger partial charge in [0.2, 0.25) is 0 Å². The maximum absolute atomic E-state index is 5.55. The van der Waals surface area contributed by atoms with Crippen molar-refractivity contribution in [2.24, 2.45) is 5.92 Å². The van der Waals surface area contributed by atoms with E-state index in [9.17, 15) is 0 Å². The Morgan fingerprint density at radius 3 is 2.23 bits per heavy atom. The Labute approximate surface area is 82.0 Å². The van der Waals surface area contributed by atoms with Crippen molar-refractivity contribution in [3.8, 4) is 0 Å². The first-order valence-electron chi connectivity index (χ1n) is 5.42. The molecule has 0 spiro atoms. The van der Waals surface area contributed by atoms with Crippen LogP contribution in [0.5, 0.6) is 0 Å². The number of hydroxylamine groups is 1. The summed E-state index contributed by atoms with van der Waals surface area (Å²) in [6.45, 7) is 8.44. The Hall–Kier alpha value is -0.0800. The average Bonchev–Trinajstić information content (AvgIpc) is 2.50. The first-order valence-corrected chi connectivity index (χ1v) is 5.42. The van der Waals surface area contributed by atoms with Crippen molar-refractivity contribution in [1.82, 2.24) is 5.48 Å². The second-order valence-corrected chi connectivity index (χ2v) is 5.17. The molecule has 0 aromatic rings. The molecule has 2 nitrogen and oxygen atoms in total. The third kappa shape index (κ3) is 4.10. The summed E-state index contributed by atoms with van der Waals surface area (Å²) < 4.78 is 0. The van der Waals surface area contributed by atoms with Crippen molar-refractivity contribution in [1.29, 1.82) is 0 Å². The molecule has 1 atom stereocenters. The molecule has 0 aromatic carbocycles. The van der Waals surface area contributed by atoms with E-state index in [4.69, 9.17) is 4.84 Å². The van der Waals surface area contributed by atoms with Crippen LogP contribution in [0.4, 0.5) is 0 Å². The SMILES string of the molecule is CC(NOC(C)(C)C)C1CCCC1. The molecular formula is C11H23NO. The van der Waals surface area contributed by atoms with E-state index in [0.717, 1.165) is 5.92 Å². The van der Waals surface area contributed by atoms with Crippen molar-refractivity contribution < 1.29 is 4.84 Å². The van der Waals surface area contributed by atoms with Gasteiger partial charge in [-0.2, -0.15) is 5.48 Å².